The number of carbonyl (C=O) groups is 2. The molecular weight excluding hydrogens is 918 g/mol. The minimum absolute atomic E-state index is 0.0334. The highest BCUT2D eigenvalue weighted by molar-refractivity contribution is 7.47. The molecule has 72 heavy (non-hydrogen) atoms. The predicted molar refractivity (Wildman–Crippen MR) is 307 cm³/mol. The average Bonchev–Trinajstić information content (AvgIpc) is 3.34. The number of rotatable bonds is 55. The van der Waals surface area contributed by atoms with Crippen LogP contribution >= 0.6 is 7.82 Å². The lowest BCUT2D eigenvalue weighted by molar-refractivity contribution is -0.870. The number of hydrogen-bond donors (Lipinski definition) is 1. The molecule has 0 saturated heterocycles. The third-order valence-electron chi connectivity index (χ3n) is 13.1. The second kappa shape index (κ2) is 53.5. The van der Waals surface area contributed by atoms with Gasteiger partial charge in [-0.05, 0) is 57.8 Å². The second-order valence-electron chi connectivity index (χ2n) is 21.4. The maximum atomic E-state index is 12.8. The fourth-order valence-electron chi connectivity index (χ4n) is 8.46. The maximum absolute atomic E-state index is 12.8. The molecule has 0 heterocycles. The van der Waals surface area contributed by atoms with E-state index in [1.165, 1.54) is 173 Å². The number of unbranched alkanes of at least 4 members (excludes halogenated alkanes) is 31. The van der Waals surface area contributed by atoms with Crippen LogP contribution in [-0.4, -0.2) is 74.9 Å². The van der Waals surface area contributed by atoms with Gasteiger partial charge in [-0.3, -0.25) is 18.6 Å². The topological polar surface area (TPSA) is 108 Å². The number of quaternary nitrogens is 1. The molecular formula is C62H115NO8P+. The first kappa shape index (κ1) is 69.7. The van der Waals surface area contributed by atoms with Gasteiger partial charge in [0.1, 0.15) is 19.8 Å². The molecule has 0 bridgehead atoms. The van der Waals surface area contributed by atoms with Crippen molar-refractivity contribution >= 4 is 19.8 Å². The van der Waals surface area contributed by atoms with Crippen LogP contribution in [0.1, 0.15) is 271 Å². The first-order valence-electron chi connectivity index (χ1n) is 30.0. The van der Waals surface area contributed by atoms with Gasteiger partial charge in [-0.2, -0.15) is 0 Å². The summed E-state index contributed by atoms with van der Waals surface area (Å²) in [4.78, 5) is 35.6. The third-order valence-corrected chi connectivity index (χ3v) is 14.0. The number of nitrogens with zero attached hydrogens (tertiary/aromatic N) is 1. The van der Waals surface area contributed by atoms with Crippen LogP contribution in [0, 0.1) is 0 Å². The van der Waals surface area contributed by atoms with E-state index in [4.69, 9.17) is 18.5 Å². The number of esters is 2. The average molecular weight is 1030 g/mol. The van der Waals surface area contributed by atoms with E-state index in [-0.39, 0.29) is 25.6 Å². The molecule has 10 heteroatoms. The number of allylic oxidation sites excluding steroid dienone is 10. The lowest BCUT2D eigenvalue weighted by atomic mass is 10.0. The first-order chi connectivity index (χ1) is 35.0. The van der Waals surface area contributed by atoms with E-state index in [0.717, 1.165) is 64.2 Å². The van der Waals surface area contributed by atoms with Gasteiger partial charge in [0.25, 0.3) is 0 Å². The number of hydrogen-bond acceptors (Lipinski definition) is 7. The predicted octanol–water partition coefficient (Wildman–Crippen LogP) is 18.7. The zero-order valence-corrected chi connectivity index (χ0v) is 48.6. The van der Waals surface area contributed by atoms with E-state index in [2.05, 4.69) is 74.6 Å². The van der Waals surface area contributed by atoms with Gasteiger partial charge in [-0.1, -0.05) is 261 Å². The van der Waals surface area contributed by atoms with Crippen LogP contribution in [-0.2, 0) is 32.7 Å². The molecule has 2 unspecified atom stereocenters. The van der Waals surface area contributed by atoms with Crippen LogP contribution in [0.4, 0.5) is 0 Å². The summed E-state index contributed by atoms with van der Waals surface area (Å²) in [5.74, 6) is -0.785. The van der Waals surface area contributed by atoms with Crippen molar-refractivity contribution in [3.05, 3.63) is 60.8 Å². The summed E-state index contributed by atoms with van der Waals surface area (Å²) in [7, 11) is 1.49. The van der Waals surface area contributed by atoms with Crippen LogP contribution in [0.3, 0.4) is 0 Å². The van der Waals surface area contributed by atoms with Crippen LogP contribution in [0.5, 0.6) is 0 Å². The molecule has 0 aliphatic heterocycles. The van der Waals surface area contributed by atoms with Crippen molar-refractivity contribution in [2.75, 3.05) is 47.5 Å². The molecule has 0 aromatic heterocycles. The van der Waals surface area contributed by atoms with Crippen molar-refractivity contribution in [1.29, 1.82) is 0 Å². The molecule has 0 radical (unpaired) electrons. The largest absolute Gasteiger partial charge is 0.472 e. The molecule has 1 N–H and O–H groups in total. The zero-order valence-electron chi connectivity index (χ0n) is 47.7. The van der Waals surface area contributed by atoms with Crippen LogP contribution in [0.15, 0.2) is 60.8 Å². The summed E-state index contributed by atoms with van der Waals surface area (Å²) in [6, 6.07) is 0. The molecule has 0 aromatic carbocycles. The highest BCUT2D eigenvalue weighted by Crippen LogP contribution is 2.43. The molecule has 0 spiro atoms. The van der Waals surface area contributed by atoms with Crippen molar-refractivity contribution < 1.29 is 42.1 Å². The molecule has 9 nitrogen and oxygen atoms in total. The monoisotopic (exact) mass is 1030 g/mol. The zero-order chi connectivity index (χ0) is 52.7. The Hall–Kier alpha value is -2.29. The molecule has 0 saturated carbocycles. The summed E-state index contributed by atoms with van der Waals surface area (Å²) in [5.41, 5.74) is 0. The highest BCUT2D eigenvalue weighted by atomic mass is 31.2. The fourth-order valence-corrected chi connectivity index (χ4v) is 9.20. The van der Waals surface area contributed by atoms with E-state index in [1.807, 2.05) is 21.1 Å². The fraction of sp³-hybridized carbons (Fsp3) is 0.806. The molecule has 0 fully saturated rings. The van der Waals surface area contributed by atoms with E-state index in [1.54, 1.807) is 0 Å². The summed E-state index contributed by atoms with van der Waals surface area (Å²) in [6.45, 7) is 4.35. The van der Waals surface area contributed by atoms with Gasteiger partial charge in [0.05, 0.1) is 27.7 Å². The van der Waals surface area contributed by atoms with E-state index < -0.39 is 26.5 Å². The van der Waals surface area contributed by atoms with Crippen molar-refractivity contribution in [2.45, 2.75) is 277 Å². The standard InChI is InChI=1S/C62H114NO8P/c1-6-8-10-12-14-16-18-20-21-22-23-24-25-26-27-28-29-30-31-32-33-34-35-36-37-38-39-40-41-43-45-47-49-51-53-55-62(65)71-60(59-70-72(66,67)69-57-56-63(3,4)5)58-68-61(64)54-52-50-48-46-44-42-19-17-15-13-11-9-7-2/h8,10,14,16,20-21,23-24,26-27,60H,6-7,9,11-13,15,17-19,22,25,28-59H2,1-5H3/p+1/b10-8-,16-14-,21-20-,24-23-,27-26-. The molecule has 0 aliphatic carbocycles. The summed E-state index contributed by atoms with van der Waals surface area (Å²) in [5, 5.41) is 0. The Balaban J connectivity index is 3.97. The van der Waals surface area contributed by atoms with Crippen LogP contribution in [0.25, 0.3) is 0 Å². The van der Waals surface area contributed by atoms with Crippen molar-refractivity contribution in [1.82, 2.24) is 0 Å². The van der Waals surface area contributed by atoms with Crippen LogP contribution < -0.4 is 0 Å². The molecule has 0 aromatic rings. The summed E-state index contributed by atoms with van der Waals surface area (Å²) >= 11 is 0. The Kier molecular flexibility index (Phi) is 51.8. The molecule has 2 atom stereocenters. The number of phosphoric acid groups is 1. The second-order valence-corrected chi connectivity index (χ2v) is 22.8. The minimum Gasteiger partial charge on any atom is -0.462 e. The third kappa shape index (κ3) is 57.0. The molecule has 420 valence electrons. The lowest BCUT2D eigenvalue weighted by Gasteiger charge is -2.24. The number of phosphoric ester groups is 1. The van der Waals surface area contributed by atoms with E-state index in [0.29, 0.717) is 23.9 Å². The van der Waals surface area contributed by atoms with Crippen molar-refractivity contribution in [3.8, 4) is 0 Å². The SMILES string of the molecule is CC/C=C\C/C=C\C/C=C\C/C=C\C/C=C\CCCCCCCCCCCCCCCCCCCCCC(=O)OC(COC(=O)CCCCCCCCCCCCCCC)COP(=O)(O)OCC[N+](C)(C)C. The summed E-state index contributed by atoms with van der Waals surface area (Å²) in [6.07, 6.45) is 68.8. The van der Waals surface area contributed by atoms with Crippen molar-refractivity contribution in [2.24, 2.45) is 0 Å². The van der Waals surface area contributed by atoms with E-state index in [9.17, 15) is 19.0 Å². The van der Waals surface area contributed by atoms with Gasteiger partial charge in [0.2, 0.25) is 0 Å². The first-order valence-corrected chi connectivity index (χ1v) is 31.5. The van der Waals surface area contributed by atoms with Crippen LogP contribution in [0.2, 0.25) is 0 Å². The highest BCUT2D eigenvalue weighted by Gasteiger charge is 2.27. The Morgan fingerprint density at radius 3 is 1.18 bits per heavy atom. The van der Waals surface area contributed by atoms with Crippen molar-refractivity contribution in [3.63, 3.8) is 0 Å². The normalized spacial score (nSPS) is 13.7. The molecule has 0 aliphatic rings. The number of ether oxygens (including phenoxy) is 2. The van der Waals surface area contributed by atoms with E-state index >= 15 is 0 Å². The van der Waals surface area contributed by atoms with Gasteiger partial charge in [-0.25, -0.2) is 4.57 Å². The van der Waals surface area contributed by atoms with Gasteiger partial charge in [0.15, 0.2) is 6.10 Å². The quantitative estimate of drug-likeness (QED) is 0.0211. The minimum atomic E-state index is -4.38. The Labute approximate surface area is 445 Å². The molecule has 0 rings (SSSR count). The lowest BCUT2D eigenvalue weighted by Crippen LogP contribution is -2.37. The number of likely N-dealkylation sites (N-methyl/N-ethyl adjacent to an activating group) is 1. The van der Waals surface area contributed by atoms with Gasteiger partial charge in [-0.15, -0.1) is 0 Å². The van der Waals surface area contributed by atoms with Gasteiger partial charge < -0.3 is 18.9 Å². The van der Waals surface area contributed by atoms with Gasteiger partial charge in [0, 0.05) is 12.8 Å². The Morgan fingerprint density at radius 1 is 0.444 bits per heavy atom. The molecule has 0 amide bonds. The van der Waals surface area contributed by atoms with Gasteiger partial charge >= 0.3 is 19.8 Å². The Bertz CT molecular complexity index is 1400. The smallest absolute Gasteiger partial charge is 0.462 e. The summed E-state index contributed by atoms with van der Waals surface area (Å²) < 4.78 is 34.5. The Morgan fingerprint density at radius 2 is 0.792 bits per heavy atom. The number of carbonyl (C=O) groups excluding carboxylic acids is 2. The maximum Gasteiger partial charge on any atom is 0.472 e.